The standard InChI is InChI=1S/C21H33N5O3/c1-4-23-20(25-15-21(10-5-6-11-21)19(28)26(2)3)24-13-16-8-7-9-17(12-16)29-14-18(22)27/h7-9,12H,4-6,10-11,13-15H2,1-3H3,(H2,22,27)(H2,23,24,25). The molecule has 29 heavy (non-hydrogen) atoms. The van der Waals surface area contributed by atoms with E-state index in [1.54, 1.807) is 11.0 Å². The number of guanidine groups is 1. The average Bonchev–Trinajstić information content (AvgIpc) is 3.18. The third-order valence-corrected chi connectivity index (χ3v) is 5.06. The molecule has 0 bridgehead atoms. The summed E-state index contributed by atoms with van der Waals surface area (Å²) < 4.78 is 5.34. The van der Waals surface area contributed by atoms with Gasteiger partial charge >= 0.3 is 0 Å². The Labute approximate surface area is 172 Å². The van der Waals surface area contributed by atoms with Crippen LogP contribution in [-0.4, -0.2) is 56.5 Å². The normalized spacial score (nSPS) is 15.6. The van der Waals surface area contributed by atoms with Crippen LogP contribution < -0.4 is 21.1 Å². The predicted molar refractivity (Wildman–Crippen MR) is 114 cm³/mol. The fourth-order valence-electron chi connectivity index (χ4n) is 3.65. The fraction of sp³-hybridized carbons (Fsp3) is 0.571. The minimum Gasteiger partial charge on any atom is -0.484 e. The van der Waals surface area contributed by atoms with Crippen molar-refractivity contribution < 1.29 is 14.3 Å². The van der Waals surface area contributed by atoms with Crippen LogP contribution in [-0.2, 0) is 16.1 Å². The van der Waals surface area contributed by atoms with Gasteiger partial charge in [-0.2, -0.15) is 0 Å². The minimum atomic E-state index is -0.514. The van der Waals surface area contributed by atoms with Gasteiger partial charge < -0.3 is 26.0 Å². The van der Waals surface area contributed by atoms with E-state index in [0.717, 1.165) is 37.8 Å². The van der Waals surface area contributed by atoms with Gasteiger partial charge in [0, 0.05) is 27.2 Å². The van der Waals surface area contributed by atoms with Crippen LogP contribution in [0, 0.1) is 5.41 Å². The first-order valence-electron chi connectivity index (χ1n) is 10.1. The number of nitrogens with zero attached hydrogens (tertiary/aromatic N) is 2. The van der Waals surface area contributed by atoms with Crippen LogP contribution in [0.4, 0.5) is 0 Å². The summed E-state index contributed by atoms with van der Waals surface area (Å²) in [6, 6.07) is 7.41. The summed E-state index contributed by atoms with van der Waals surface area (Å²) in [5, 5.41) is 6.60. The summed E-state index contributed by atoms with van der Waals surface area (Å²) in [7, 11) is 3.63. The molecule has 4 N–H and O–H groups in total. The van der Waals surface area contributed by atoms with Gasteiger partial charge in [-0.3, -0.25) is 9.59 Å². The number of carbonyl (C=O) groups excluding carboxylic acids is 2. The first-order chi connectivity index (χ1) is 13.9. The summed E-state index contributed by atoms with van der Waals surface area (Å²) in [6.45, 7) is 3.59. The molecule has 160 valence electrons. The van der Waals surface area contributed by atoms with Gasteiger partial charge in [0.15, 0.2) is 12.6 Å². The van der Waals surface area contributed by atoms with Gasteiger partial charge in [-0.25, -0.2) is 4.99 Å². The van der Waals surface area contributed by atoms with Crippen LogP contribution in [0.1, 0.15) is 38.2 Å². The highest BCUT2D eigenvalue weighted by molar-refractivity contribution is 5.85. The van der Waals surface area contributed by atoms with Crippen LogP contribution in [0.15, 0.2) is 29.3 Å². The lowest BCUT2D eigenvalue weighted by Crippen LogP contribution is -2.49. The molecule has 0 saturated heterocycles. The highest BCUT2D eigenvalue weighted by Gasteiger charge is 2.42. The van der Waals surface area contributed by atoms with Crippen LogP contribution in [0.3, 0.4) is 0 Å². The minimum absolute atomic E-state index is 0.154. The molecule has 1 fully saturated rings. The molecule has 0 radical (unpaired) electrons. The van der Waals surface area contributed by atoms with E-state index < -0.39 is 5.91 Å². The summed E-state index contributed by atoms with van der Waals surface area (Å²) in [5.74, 6) is 0.919. The van der Waals surface area contributed by atoms with Gasteiger partial charge in [0.05, 0.1) is 12.0 Å². The molecule has 1 saturated carbocycles. The van der Waals surface area contributed by atoms with E-state index in [4.69, 9.17) is 10.5 Å². The van der Waals surface area contributed by atoms with Gasteiger partial charge in [-0.15, -0.1) is 0 Å². The molecule has 8 nitrogen and oxygen atoms in total. The molecule has 0 atom stereocenters. The smallest absolute Gasteiger partial charge is 0.255 e. The first kappa shape index (κ1) is 22.5. The molecule has 1 aliphatic carbocycles. The Morgan fingerprint density at radius 1 is 1.24 bits per heavy atom. The number of nitrogens with one attached hydrogen (secondary N) is 2. The zero-order valence-corrected chi connectivity index (χ0v) is 17.7. The Morgan fingerprint density at radius 3 is 2.59 bits per heavy atom. The van der Waals surface area contributed by atoms with Crippen molar-refractivity contribution in [3.05, 3.63) is 29.8 Å². The number of hydrogen-bond acceptors (Lipinski definition) is 4. The molecule has 0 spiro atoms. The lowest BCUT2D eigenvalue weighted by Gasteiger charge is -2.31. The van der Waals surface area contributed by atoms with Crippen LogP contribution in [0.25, 0.3) is 0 Å². The van der Waals surface area contributed by atoms with Crippen molar-refractivity contribution in [3.63, 3.8) is 0 Å². The summed E-state index contributed by atoms with van der Waals surface area (Å²) in [6.07, 6.45) is 3.95. The second-order valence-corrected chi connectivity index (χ2v) is 7.64. The molecule has 0 unspecified atom stereocenters. The van der Waals surface area contributed by atoms with E-state index in [2.05, 4.69) is 15.6 Å². The van der Waals surface area contributed by atoms with Crippen molar-refractivity contribution in [2.75, 3.05) is 33.8 Å². The zero-order chi connectivity index (χ0) is 21.3. The predicted octanol–water partition coefficient (Wildman–Crippen LogP) is 1.25. The van der Waals surface area contributed by atoms with E-state index in [-0.39, 0.29) is 17.9 Å². The molecule has 1 aromatic rings. The molecule has 2 rings (SSSR count). The largest absolute Gasteiger partial charge is 0.484 e. The Kier molecular flexibility index (Phi) is 8.30. The number of hydrogen-bond donors (Lipinski definition) is 3. The monoisotopic (exact) mass is 403 g/mol. The number of aliphatic imine (C=N–C) groups is 1. The Morgan fingerprint density at radius 2 is 1.97 bits per heavy atom. The second-order valence-electron chi connectivity index (χ2n) is 7.64. The fourth-order valence-corrected chi connectivity index (χ4v) is 3.65. The number of primary amides is 1. The quantitative estimate of drug-likeness (QED) is 0.425. The summed E-state index contributed by atoms with van der Waals surface area (Å²) in [5.41, 5.74) is 5.71. The van der Waals surface area contributed by atoms with Gasteiger partial charge in [0.1, 0.15) is 5.75 Å². The van der Waals surface area contributed by atoms with Gasteiger partial charge in [0.25, 0.3) is 5.91 Å². The molecule has 0 aliphatic heterocycles. The molecule has 1 aliphatic rings. The molecule has 0 heterocycles. The van der Waals surface area contributed by atoms with Crippen molar-refractivity contribution in [1.29, 1.82) is 0 Å². The Hall–Kier alpha value is -2.77. The maximum atomic E-state index is 12.7. The molecule has 0 aromatic heterocycles. The van der Waals surface area contributed by atoms with Crippen molar-refractivity contribution in [1.82, 2.24) is 15.5 Å². The number of nitrogens with two attached hydrogens (primary N) is 1. The van der Waals surface area contributed by atoms with Crippen LogP contribution >= 0.6 is 0 Å². The van der Waals surface area contributed by atoms with Crippen molar-refractivity contribution in [2.45, 2.75) is 39.2 Å². The third kappa shape index (κ3) is 6.66. The SMILES string of the molecule is CCNC(=NCc1cccc(OCC(N)=O)c1)NCC1(C(=O)N(C)C)CCCC1. The van der Waals surface area contributed by atoms with Crippen LogP contribution in [0.2, 0.25) is 0 Å². The number of ether oxygens (including phenoxy) is 1. The van der Waals surface area contributed by atoms with Crippen molar-refractivity contribution in [3.8, 4) is 5.75 Å². The Bertz CT molecular complexity index is 727. The van der Waals surface area contributed by atoms with E-state index >= 15 is 0 Å². The van der Waals surface area contributed by atoms with E-state index in [1.165, 1.54) is 0 Å². The first-order valence-corrected chi connectivity index (χ1v) is 10.1. The molecule has 1 aromatic carbocycles. The van der Waals surface area contributed by atoms with E-state index in [9.17, 15) is 9.59 Å². The molecule has 2 amide bonds. The number of amides is 2. The lowest BCUT2D eigenvalue weighted by molar-refractivity contribution is -0.138. The molecular formula is C21H33N5O3. The van der Waals surface area contributed by atoms with E-state index in [0.29, 0.717) is 24.8 Å². The summed E-state index contributed by atoms with van der Waals surface area (Å²) >= 11 is 0. The maximum absolute atomic E-state index is 12.7. The zero-order valence-electron chi connectivity index (χ0n) is 17.7. The van der Waals surface area contributed by atoms with Gasteiger partial charge in [0.2, 0.25) is 5.91 Å². The Balaban J connectivity index is 2.03. The second kappa shape index (κ2) is 10.7. The summed E-state index contributed by atoms with van der Waals surface area (Å²) in [4.78, 5) is 29.9. The van der Waals surface area contributed by atoms with Crippen LogP contribution in [0.5, 0.6) is 5.75 Å². The maximum Gasteiger partial charge on any atom is 0.255 e. The molecule has 8 heteroatoms. The highest BCUT2D eigenvalue weighted by Crippen LogP contribution is 2.38. The molecular weight excluding hydrogens is 370 g/mol. The third-order valence-electron chi connectivity index (χ3n) is 5.06. The average molecular weight is 404 g/mol. The number of carbonyl (C=O) groups is 2. The number of rotatable bonds is 9. The van der Waals surface area contributed by atoms with Gasteiger partial charge in [-0.05, 0) is 37.5 Å². The van der Waals surface area contributed by atoms with Gasteiger partial charge in [-0.1, -0.05) is 25.0 Å². The van der Waals surface area contributed by atoms with Crippen molar-refractivity contribution >= 4 is 17.8 Å². The highest BCUT2D eigenvalue weighted by atomic mass is 16.5. The number of benzene rings is 1. The van der Waals surface area contributed by atoms with Crippen molar-refractivity contribution in [2.24, 2.45) is 16.1 Å². The topological polar surface area (TPSA) is 109 Å². The van der Waals surface area contributed by atoms with E-state index in [1.807, 2.05) is 39.2 Å². The lowest BCUT2D eigenvalue weighted by atomic mass is 9.84.